The molecule has 1 aromatic rings. The molecule has 7 heteroatoms. The summed E-state index contributed by atoms with van der Waals surface area (Å²) in [7, 11) is 1.78. The van der Waals surface area contributed by atoms with Crippen molar-refractivity contribution < 1.29 is 13.2 Å². The number of hydrogen-bond acceptors (Lipinski definition) is 3. The van der Waals surface area contributed by atoms with E-state index in [-0.39, 0.29) is 18.9 Å². The smallest absolute Gasteiger partial charge is 0.307 e. The normalized spacial score (nSPS) is 25.3. The van der Waals surface area contributed by atoms with E-state index in [1.54, 1.807) is 18.1 Å². The van der Waals surface area contributed by atoms with Crippen molar-refractivity contribution in [3.05, 3.63) is 12.2 Å². The van der Waals surface area contributed by atoms with Gasteiger partial charge in [-0.05, 0) is 25.7 Å². The van der Waals surface area contributed by atoms with Crippen molar-refractivity contribution in [2.24, 2.45) is 13.0 Å². The molecule has 1 heterocycles. The molecule has 0 bridgehead atoms. The lowest BCUT2D eigenvalue weighted by Gasteiger charge is -2.30. The van der Waals surface area contributed by atoms with E-state index in [2.05, 4.69) is 15.4 Å². The molecule has 1 aliphatic carbocycles. The largest absolute Gasteiger partial charge is 0.391 e. The molecule has 0 spiro atoms. The minimum Gasteiger partial charge on any atom is -0.307 e. The lowest BCUT2D eigenvalue weighted by molar-refractivity contribution is -0.182. The summed E-state index contributed by atoms with van der Waals surface area (Å²) in [4.78, 5) is 4.06. The van der Waals surface area contributed by atoms with Gasteiger partial charge in [0.25, 0.3) is 0 Å². The highest BCUT2D eigenvalue weighted by atomic mass is 19.4. The van der Waals surface area contributed by atoms with Gasteiger partial charge >= 0.3 is 6.18 Å². The van der Waals surface area contributed by atoms with E-state index in [1.165, 1.54) is 0 Å². The Labute approximate surface area is 104 Å². The highest BCUT2D eigenvalue weighted by molar-refractivity contribution is 4.85. The predicted molar refractivity (Wildman–Crippen MR) is 59.6 cm³/mol. The van der Waals surface area contributed by atoms with E-state index in [0.717, 1.165) is 0 Å². The molecule has 2 rings (SSSR count). The van der Waals surface area contributed by atoms with Crippen LogP contribution in [0.3, 0.4) is 0 Å². The zero-order chi connectivity index (χ0) is 13.2. The molecular formula is C11H17F3N4. The van der Waals surface area contributed by atoms with Gasteiger partial charge in [-0.1, -0.05) is 0 Å². The van der Waals surface area contributed by atoms with Gasteiger partial charge < -0.3 is 5.32 Å². The van der Waals surface area contributed by atoms with Gasteiger partial charge in [0.2, 0.25) is 0 Å². The molecule has 0 unspecified atom stereocenters. The summed E-state index contributed by atoms with van der Waals surface area (Å²) in [6.07, 6.45) is -0.854. The molecule has 102 valence electrons. The Morgan fingerprint density at radius 2 is 2.00 bits per heavy atom. The minimum absolute atomic E-state index is 0.146. The summed E-state index contributed by atoms with van der Waals surface area (Å²) in [5, 5.41) is 7.33. The second kappa shape index (κ2) is 5.26. The maximum atomic E-state index is 12.5. The Kier molecular flexibility index (Phi) is 3.89. The van der Waals surface area contributed by atoms with Crippen molar-refractivity contribution in [3.8, 4) is 0 Å². The van der Waals surface area contributed by atoms with Crippen LogP contribution in [0.2, 0.25) is 0 Å². The number of halogens is 3. The van der Waals surface area contributed by atoms with Crippen LogP contribution in [0.4, 0.5) is 13.2 Å². The topological polar surface area (TPSA) is 42.7 Å². The molecule has 18 heavy (non-hydrogen) atoms. The zero-order valence-corrected chi connectivity index (χ0v) is 10.2. The van der Waals surface area contributed by atoms with Crippen LogP contribution < -0.4 is 5.32 Å². The van der Waals surface area contributed by atoms with Crippen LogP contribution in [-0.4, -0.2) is 27.0 Å². The summed E-state index contributed by atoms with van der Waals surface area (Å²) in [6, 6.07) is 0.146. The molecule has 1 fully saturated rings. The van der Waals surface area contributed by atoms with Crippen molar-refractivity contribution in [3.63, 3.8) is 0 Å². The molecule has 1 aromatic heterocycles. The van der Waals surface area contributed by atoms with E-state index < -0.39 is 12.1 Å². The second-order valence-electron chi connectivity index (χ2n) is 4.81. The van der Waals surface area contributed by atoms with Crippen LogP contribution in [0.5, 0.6) is 0 Å². The molecule has 1 aliphatic rings. The Morgan fingerprint density at radius 3 is 2.50 bits per heavy atom. The maximum absolute atomic E-state index is 12.5. The SMILES string of the molecule is Cn1cnc(CNC2CCC(C(F)(F)F)CC2)n1. The number of aromatic nitrogens is 3. The van der Waals surface area contributed by atoms with Crippen molar-refractivity contribution in [1.29, 1.82) is 0 Å². The quantitative estimate of drug-likeness (QED) is 0.906. The average Bonchev–Trinajstić information content (AvgIpc) is 2.72. The summed E-state index contributed by atoms with van der Waals surface area (Å²) in [5.41, 5.74) is 0. The maximum Gasteiger partial charge on any atom is 0.391 e. The molecule has 0 aliphatic heterocycles. The van der Waals surface area contributed by atoms with Crippen LogP contribution in [0.25, 0.3) is 0 Å². The summed E-state index contributed by atoms with van der Waals surface area (Å²) < 4.78 is 39.0. The summed E-state index contributed by atoms with van der Waals surface area (Å²) >= 11 is 0. The molecule has 0 saturated heterocycles. The highest BCUT2D eigenvalue weighted by Crippen LogP contribution is 2.37. The summed E-state index contributed by atoms with van der Waals surface area (Å²) in [6.45, 7) is 0.516. The van der Waals surface area contributed by atoms with Gasteiger partial charge in [0.05, 0.1) is 12.5 Å². The molecule has 1 N–H and O–H groups in total. The summed E-state index contributed by atoms with van der Waals surface area (Å²) in [5.74, 6) is -0.445. The lowest BCUT2D eigenvalue weighted by atomic mass is 9.85. The fraction of sp³-hybridized carbons (Fsp3) is 0.818. The van der Waals surface area contributed by atoms with Crippen LogP contribution in [0, 0.1) is 5.92 Å². The number of alkyl halides is 3. The average molecular weight is 262 g/mol. The van der Waals surface area contributed by atoms with E-state index in [9.17, 15) is 13.2 Å². The first kappa shape index (κ1) is 13.3. The van der Waals surface area contributed by atoms with Gasteiger partial charge in [-0.2, -0.15) is 18.3 Å². The van der Waals surface area contributed by atoms with Crippen molar-refractivity contribution in [2.75, 3.05) is 0 Å². The fourth-order valence-corrected chi connectivity index (χ4v) is 2.33. The molecule has 4 nitrogen and oxygen atoms in total. The molecule has 0 amide bonds. The first-order valence-corrected chi connectivity index (χ1v) is 6.10. The second-order valence-corrected chi connectivity index (χ2v) is 4.81. The highest BCUT2D eigenvalue weighted by Gasteiger charge is 2.41. The standard InChI is InChI=1S/C11H17F3N4/c1-18-7-16-10(17-18)6-15-9-4-2-8(3-5-9)11(12,13)14/h7-9,15H,2-6H2,1H3. The Balaban J connectivity index is 1.74. The van der Waals surface area contributed by atoms with Crippen LogP contribution in [0.1, 0.15) is 31.5 Å². The first-order chi connectivity index (χ1) is 8.45. The number of nitrogens with zero attached hydrogens (tertiary/aromatic N) is 3. The monoisotopic (exact) mass is 262 g/mol. The van der Waals surface area contributed by atoms with Crippen molar-refractivity contribution >= 4 is 0 Å². The molecular weight excluding hydrogens is 245 g/mol. The van der Waals surface area contributed by atoms with Gasteiger partial charge in [-0.15, -0.1) is 0 Å². The van der Waals surface area contributed by atoms with Gasteiger partial charge in [-0.25, -0.2) is 4.98 Å². The number of rotatable bonds is 3. The Morgan fingerprint density at radius 1 is 1.33 bits per heavy atom. The van der Waals surface area contributed by atoms with Crippen LogP contribution in [0.15, 0.2) is 6.33 Å². The third-order valence-electron chi connectivity index (χ3n) is 3.39. The fourth-order valence-electron chi connectivity index (χ4n) is 2.33. The Hall–Kier alpha value is -1.11. The van der Waals surface area contributed by atoms with E-state index in [1.807, 2.05) is 0 Å². The molecule has 1 saturated carbocycles. The van der Waals surface area contributed by atoms with E-state index in [4.69, 9.17) is 0 Å². The van der Waals surface area contributed by atoms with Gasteiger partial charge in [0.1, 0.15) is 6.33 Å². The number of nitrogens with one attached hydrogen (secondary N) is 1. The number of hydrogen-bond donors (Lipinski definition) is 1. The predicted octanol–water partition coefficient (Wildman–Crippen LogP) is 2.03. The molecule has 0 aromatic carbocycles. The molecule has 0 radical (unpaired) electrons. The lowest BCUT2D eigenvalue weighted by Crippen LogP contribution is -2.36. The molecule has 0 atom stereocenters. The van der Waals surface area contributed by atoms with Gasteiger partial charge in [0.15, 0.2) is 5.82 Å². The van der Waals surface area contributed by atoms with E-state index >= 15 is 0 Å². The third kappa shape index (κ3) is 3.44. The van der Waals surface area contributed by atoms with Gasteiger partial charge in [0, 0.05) is 13.1 Å². The van der Waals surface area contributed by atoms with E-state index in [0.29, 0.717) is 25.2 Å². The minimum atomic E-state index is -4.03. The zero-order valence-electron chi connectivity index (χ0n) is 10.2. The Bertz CT molecular complexity index is 380. The van der Waals surface area contributed by atoms with Crippen molar-refractivity contribution in [2.45, 2.75) is 44.4 Å². The van der Waals surface area contributed by atoms with Gasteiger partial charge in [-0.3, -0.25) is 4.68 Å². The third-order valence-corrected chi connectivity index (χ3v) is 3.39. The van der Waals surface area contributed by atoms with Crippen molar-refractivity contribution in [1.82, 2.24) is 20.1 Å². The van der Waals surface area contributed by atoms with Crippen LogP contribution in [-0.2, 0) is 13.6 Å². The van der Waals surface area contributed by atoms with Crippen LogP contribution >= 0.6 is 0 Å². The number of aryl methyl sites for hydroxylation is 1. The first-order valence-electron chi connectivity index (χ1n) is 6.10.